The van der Waals surface area contributed by atoms with Crippen molar-refractivity contribution in [3.05, 3.63) is 0 Å². The van der Waals surface area contributed by atoms with Crippen molar-refractivity contribution in [2.75, 3.05) is 5.75 Å². The smallest absolute Gasteiger partial charge is 0.404 e. The number of nitrogens with one attached hydrogen (secondary N) is 1. The molecule has 0 bridgehead atoms. The van der Waals surface area contributed by atoms with Crippen LogP contribution in [0.15, 0.2) is 0 Å². The van der Waals surface area contributed by atoms with Crippen LogP contribution >= 0.6 is 11.8 Å². The number of carbonyl (C=O) groups is 1. The summed E-state index contributed by atoms with van der Waals surface area (Å²) in [6, 6.07) is 0.169. The molecule has 0 saturated carbocycles. The molecule has 1 rings (SSSR count). The van der Waals surface area contributed by atoms with E-state index in [0.717, 1.165) is 12.2 Å². The first-order chi connectivity index (χ1) is 4.70. The Balaban J connectivity index is 2.33. The van der Waals surface area contributed by atoms with Crippen LogP contribution in [0.5, 0.6) is 0 Å². The van der Waals surface area contributed by atoms with Gasteiger partial charge in [0.05, 0.1) is 0 Å². The molecule has 1 amide bonds. The zero-order valence-electron chi connectivity index (χ0n) is 5.83. The fourth-order valence-corrected chi connectivity index (χ4v) is 2.28. The van der Waals surface area contributed by atoms with Crippen molar-refractivity contribution in [2.45, 2.75) is 24.6 Å². The third-order valence-electron chi connectivity index (χ3n) is 1.69. The van der Waals surface area contributed by atoms with Crippen molar-refractivity contribution in [1.82, 2.24) is 5.32 Å². The van der Waals surface area contributed by atoms with Gasteiger partial charge < -0.3 is 10.4 Å². The van der Waals surface area contributed by atoms with Gasteiger partial charge in [0.2, 0.25) is 0 Å². The predicted molar refractivity (Wildman–Crippen MR) is 41.5 cm³/mol. The van der Waals surface area contributed by atoms with Crippen LogP contribution in [0.4, 0.5) is 4.79 Å². The van der Waals surface area contributed by atoms with Crippen molar-refractivity contribution in [1.29, 1.82) is 0 Å². The molecule has 0 aromatic heterocycles. The van der Waals surface area contributed by atoms with E-state index in [4.69, 9.17) is 5.11 Å². The maximum Gasteiger partial charge on any atom is 0.404 e. The molecule has 1 fully saturated rings. The number of hydrogen-bond donors (Lipinski definition) is 2. The van der Waals surface area contributed by atoms with E-state index in [-0.39, 0.29) is 6.04 Å². The first kappa shape index (κ1) is 7.72. The molecule has 10 heavy (non-hydrogen) atoms. The minimum Gasteiger partial charge on any atom is -0.465 e. The zero-order valence-corrected chi connectivity index (χ0v) is 6.65. The standard InChI is InChI=1S/C6H11NO2S/c1-4-5(2-3-10-4)7-6(8)9/h4-5,7H,2-3H2,1H3,(H,8,9). The summed E-state index contributed by atoms with van der Waals surface area (Å²) in [6.07, 6.45) is 0.0670. The average Bonchev–Trinajstić information content (AvgIpc) is 2.15. The molecule has 1 aliphatic rings. The molecule has 0 radical (unpaired) electrons. The van der Waals surface area contributed by atoms with Crippen molar-refractivity contribution in [3.8, 4) is 0 Å². The third kappa shape index (κ3) is 1.80. The Morgan fingerprint density at radius 3 is 2.90 bits per heavy atom. The average molecular weight is 161 g/mol. The number of hydrogen-bond acceptors (Lipinski definition) is 2. The van der Waals surface area contributed by atoms with Crippen LogP contribution in [0, 0.1) is 0 Å². The van der Waals surface area contributed by atoms with Crippen molar-refractivity contribution >= 4 is 17.9 Å². The Bertz CT molecular complexity index is 140. The molecule has 2 atom stereocenters. The first-order valence-corrected chi connectivity index (χ1v) is 4.36. The molecule has 58 valence electrons. The molecule has 1 saturated heterocycles. The fraction of sp³-hybridized carbons (Fsp3) is 0.833. The number of amides is 1. The maximum absolute atomic E-state index is 10.2. The Morgan fingerprint density at radius 1 is 1.80 bits per heavy atom. The van der Waals surface area contributed by atoms with Gasteiger partial charge in [-0.3, -0.25) is 0 Å². The topological polar surface area (TPSA) is 49.3 Å². The minimum atomic E-state index is -0.903. The third-order valence-corrected chi connectivity index (χ3v) is 3.01. The lowest BCUT2D eigenvalue weighted by atomic mass is 10.2. The van der Waals surface area contributed by atoms with Crippen LogP contribution in [0.3, 0.4) is 0 Å². The van der Waals surface area contributed by atoms with Gasteiger partial charge in [0.1, 0.15) is 0 Å². The largest absolute Gasteiger partial charge is 0.465 e. The van der Waals surface area contributed by atoms with E-state index in [1.807, 2.05) is 11.8 Å². The molecule has 0 aliphatic carbocycles. The van der Waals surface area contributed by atoms with Gasteiger partial charge in [-0.2, -0.15) is 11.8 Å². The summed E-state index contributed by atoms with van der Waals surface area (Å²) in [7, 11) is 0. The Hall–Kier alpha value is -0.380. The first-order valence-electron chi connectivity index (χ1n) is 3.31. The van der Waals surface area contributed by atoms with Gasteiger partial charge in [0.25, 0.3) is 0 Å². The van der Waals surface area contributed by atoms with Gasteiger partial charge >= 0.3 is 6.09 Å². The molecule has 1 aliphatic heterocycles. The lowest BCUT2D eigenvalue weighted by molar-refractivity contribution is 0.190. The van der Waals surface area contributed by atoms with Crippen molar-refractivity contribution in [3.63, 3.8) is 0 Å². The summed E-state index contributed by atoms with van der Waals surface area (Å²) in [5.74, 6) is 1.08. The molecule has 0 spiro atoms. The van der Waals surface area contributed by atoms with Gasteiger partial charge in [-0.05, 0) is 12.2 Å². The maximum atomic E-state index is 10.2. The number of carboxylic acid groups (broad SMARTS) is 1. The minimum absolute atomic E-state index is 0.169. The summed E-state index contributed by atoms with van der Waals surface area (Å²) >= 11 is 1.82. The molecular formula is C6H11NO2S. The second kappa shape index (κ2) is 3.14. The summed E-state index contributed by atoms with van der Waals surface area (Å²) in [4.78, 5) is 10.2. The summed E-state index contributed by atoms with van der Waals surface area (Å²) in [5, 5.41) is 11.3. The number of thioether (sulfide) groups is 1. The Kier molecular flexibility index (Phi) is 2.43. The van der Waals surface area contributed by atoms with Gasteiger partial charge in [-0.15, -0.1) is 0 Å². The van der Waals surface area contributed by atoms with E-state index in [9.17, 15) is 4.79 Å². The molecule has 0 aromatic carbocycles. The van der Waals surface area contributed by atoms with E-state index in [2.05, 4.69) is 12.2 Å². The Labute approximate surface area is 64.2 Å². The van der Waals surface area contributed by atoms with E-state index in [0.29, 0.717) is 5.25 Å². The van der Waals surface area contributed by atoms with E-state index < -0.39 is 6.09 Å². The van der Waals surface area contributed by atoms with E-state index in [1.54, 1.807) is 0 Å². The molecular weight excluding hydrogens is 150 g/mol. The quantitative estimate of drug-likeness (QED) is 0.606. The highest BCUT2D eigenvalue weighted by Gasteiger charge is 2.24. The molecule has 1 heterocycles. The van der Waals surface area contributed by atoms with Gasteiger partial charge in [-0.25, -0.2) is 4.79 Å². The van der Waals surface area contributed by atoms with E-state index >= 15 is 0 Å². The lowest BCUT2D eigenvalue weighted by Crippen LogP contribution is -2.37. The highest BCUT2D eigenvalue weighted by Crippen LogP contribution is 2.25. The summed E-state index contributed by atoms with van der Waals surface area (Å²) in [6.45, 7) is 2.05. The van der Waals surface area contributed by atoms with E-state index in [1.165, 1.54) is 0 Å². The summed E-state index contributed by atoms with van der Waals surface area (Å²) in [5.41, 5.74) is 0. The molecule has 2 N–H and O–H groups in total. The highest BCUT2D eigenvalue weighted by molar-refractivity contribution is 8.00. The molecule has 3 nitrogen and oxygen atoms in total. The van der Waals surface area contributed by atoms with Crippen LogP contribution < -0.4 is 5.32 Å². The predicted octanol–water partition coefficient (Wildman–Crippen LogP) is 1.15. The highest BCUT2D eigenvalue weighted by atomic mass is 32.2. The number of rotatable bonds is 1. The van der Waals surface area contributed by atoms with Crippen LogP contribution in [-0.2, 0) is 0 Å². The van der Waals surface area contributed by atoms with Crippen LogP contribution in [0.2, 0.25) is 0 Å². The normalized spacial score (nSPS) is 32.1. The fourth-order valence-electron chi connectivity index (χ4n) is 1.08. The second-order valence-corrected chi connectivity index (χ2v) is 3.91. The van der Waals surface area contributed by atoms with Crippen LogP contribution in [0.1, 0.15) is 13.3 Å². The van der Waals surface area contributed by atoms with Crippen LogP contribution in [0.25, 0.3) is 0 Å². The lowest BCUT2D eigenvalue weighted by Gasteiger charge is -2.12. The molecule has 2 unspecified atom stereocenters. The van der Waals surface area contributed by atoms with Gasteiger partial charge in [0.15, 0.2) is 0 Å². The summed E-state index contributed by atoms with van der Waals surface area (Å²) < 4.78 is 0. The van der Waals surface area contributed by atoms with Crippen molar-refractivity contribution in [2.24, 2.45) is 0 Å². The zero-order chi connectivity index (χ0) is 7.56. The van der Waals surface area contributed by atoms with Gasteiger partial charge in [-0.1, -0.05) is 6.92 Å². The molecule has 0 aromatic rings. The second-order valence-electron chi connectivity index (χ2n) is 2.42. The Morgan fingerprint density at radius 2 is 2.50 bits per heavy atom. The molecule has 4 heteroatoms. The SMILES string of the molecule is CC1SCCC1NC(=O)O. The van der Waals surface area contributed by atoms with Crippen molar-refractivity contribution < 1.29 is 9.90 Å². The van der Waals surface area contributed by atoms with Crippen LogP contribution in [-0.4, -0.2) is 28.2 Å². The monoisotopic (exact) mass is 161 g/mol. The van der Waals surface area contributed by atoms with Gasteiger partial charge in [0, 0.05) is 11.3 Å².